The van der Waals surface area contributed by atoms with Crippen LogP contribution in [-0.4, -0.2) is 17.9 Å². The third-order valence-corrected chi connectivity index (χ3v) is 3.26. The van der Waals surface area contributed by atoms with Gasteiger partial charge >= 0.3 is 0 Å². The molecule has 0 bridgehead atoms. The molecule has 126 valence electrons. The van der Waals surface area contributed by atoms with E-state index >= 15 is 0 Å². The van der Waals surface area contributed by atoms with E-state index in [1.54, 1.807) is 6.21 Å². The van der Waals surface area contributed by atoms with Crippen molar-refractivity contribution in [2.75, 3.05) is 6.61 Å². The molecule has 24 heavy (non-hydrogen) atoms. The van der Waals surface area contributed by atoms with Crippen molar-refractivity contribution < 1.29 is 9.47 Å². The highest BCUT2D eigenvalue weighted by Crippen LogP contribution is 2.28. The number of thiocarbonyl (C=S) groups is 1. The molecule has 5 nitrogen and oxygen atoms in total. The molecule has 0 unspecified atom stereocenters. The van der Waals surface area contributed by atoms with Gasteiger partial charge in [0.2, 0.25) is 0 Å². The Labute approximate surface area is 147 Å². The van der Waals surface area contributed by atoms with Crippen molar-refractivity contribution >= 4 is 23.5 Å². The molecular weight excluding hydrogens is 322 g/mol. The number of ether oxygens (including phenoxy) is 2. The van der Waals surface area contributed by atoms with Crippen LogP contribution in [0.25, 0.3) is 0 Å². The standard InChI is InChI=1S/C18H21N3O2S/c1-3-22-17-10-15(11-20-21-18(19)24)8-9-16(17)23-12-14-6-4-13(2)5-7-14/h4-11H,3,12H2,1-2H3,(H3,19,21,24). The second-order valence-corrected chi connectivity index (χ2v) is 5.59. The van der Waals surface area contributed by atoms with Crippen LogP contribution in [0.4, 0.5) is 0 Å². The smallest absolute Gasteiger partial charge is 0.184 e. The Morgan fingerprint density at radius 2 is 1.92 bits per heavy atom. The fraction of sp³-hybridized carbons (Fsp3) is 0.222. The van der Waals surface area contributed by atoms with E-state index < -0.39 is 0 Å². The van der Waals surface area contributed by atoms with Gasteiger partial charge in [0.15, 0.2) is 16.6 Å². The van der Waals surface area contributed by atoms with Crippen LogP contribution >= 0.6 is 12.2 Å². The molecule has 0 aliphatic rings. The first-order valence-corrected chi connectivity index (χ1v) is 8.03. The third-order valence-electron chi connectivity index (χ3n) is 3.17. The van der Waals surface area contributed by atoms with Gasteiger partial charge in [-0.15, -0.1) is 0 Å². The Kier molecular flexibility index (Phi) is 6.57. The molecule has 0 fully saturated rings. The maximum Gasteiger partial charge on any atom is 0.184 e. The van der Waals surface area contributed by atoms with Crippen LogP contribution in [0.3, 0.4) is 0 Å². The minimum Gasteiger partial charge on any atom is -0.490 e. The summed E-state index contributed by atoms with van der Waals surface area (Å²) in [7, 11) is 0. The number of benzene rings is 2. The summed E-state index contributed by atoms with van der Waals surface area (Å²) >= 11 is 4.70. The summed E-state index contributed by atoms with van der Waals surface area (Å²) < 4.78 is 11.5. The summed E-state index contributed by atoms with van der Waals surface area (Å²) in [6.07, 6.45) is 1.62. The summed E-state index contributed by atoms with van der Waals surface area (Å²) in [6.45, 7) is 5.02. The Hall–Kier alpha value is -2.60. The maximum absolute atomic E-state index is 5.89. The number of rotatable bonds is 7. The third kappa shape index (κ3) is 5.55. The van der Waals surface area contributed by atoms with Crippen molar-refractivity contribution in [2.24, 2.45) is 10.8 Å². The minimum atomic E-state index is 0.120. The molecule has 2 aromatic rings. The number of nitrogens with zero attached hydrogens (tertiary/aromatic N) is 1. The molecule has 0 radical (unpaired) electrons. The predicted octanol–water partition coefficient (Wildman–Crippen LogP) is 3.14. The van der Waals surface area contributed by atoms with E-state index in [0.29, 0.717) is 24.7 Å². The van der Waals surface area contributed by atoms with Crippen LogP contribution in [0.5, 0.6) is 11.5 Å². The lowest BCUT2D eigenvalue weighted by Crippen LogP contribution is -2.23. The van der Waals surface area contributed by atoms with Gasteiger partial charge in [-0.25, -0.2) is 0 Å². The van der Waals surface area contributed by atoms with Crippen LogP contribution in [0.15, 0.2) is 47.6 Å². The molecule has 0 saturated carbocycles. The second kappa shape index (κ2) is 8.88. The van der Waals surface area contributed by atoms with Gasteiger partial charge in [-0.05, 0) is 55.4 Å². The molecule has 0 spiro atoms. The van der Waals surface area contributed by atoms with Crippen LogP contribution in [0.2, 0.25) is 0 Å². The summed E-state index contributed by atoms with van der Waals surface area (Å²) in [5.74, 6) is 1.36. The minimum absolute atomic E-state index is 0.120. The molecule has 0 atom stereocenters. The topological polar surface area (TPSA) is 68.9 Å². The van der Waals surface area contributed by atoms with Crippen molar-refractivity contribution in [3.8, 4) is 11.5 Å². The molecule has 0 saturated heterocycles. The van der Waals surface area contributed by atoms with Gasteiger partial charge in [-0.3, -0.25) is 5.43 Å². The highest BCUT2D eigenvalue weighted by atomic mass is 32.1. The van der Waals surface area contributed by atoms with E-state index in [-0.39, 0.29) is 5.11 Å². The summed E-state index contributed by atoms with van der Waals surface area (Å²) in [5, 5.41) is 4.06. The number of hydrazone groups is 1. The number of nitrogens with one attached hydrogen (secondary N) is 1. The van der Waals surface area contributed by atoms with Gasteiger partial charge in [0, 0.05) is 0 Å². The van der Waals surface area contributed by atoms with E-state index in [9.17, 15) is 0 Å². The van der Waals surface area contributed by atoms with E-state index in [0.717, 1.165) is 11.1 Å². The molecule has 0 heterocycles. The van der Waals surface area contributed by atoms with Crippen LogP contribution in [0, 0.1) is 6.92 Å². The molecule has 2 rings (SSSR count). The van der Waals surface area contributed by atoms with Crippen LogP contribution in [-0.2, 0) is 6.61 Å². The zero-order chi connectivity index (χ0) is 17.4. The molecule has 0 amide bonds. The Balaban J connectivity index is 2.09. The highest BCUT2D eigenvalue weighted by Gasteiger charge is 2.06. The van der Waals surface area contributed by atoms with E-state index in [1.807, 2.05) is 25.1 Å². The van der Waals surface area contributed by atoms with Crippen molar-refractivity contribution in [1.82, 2.24) is 5.43 Å². The van der Waals surface area contributed by atoms with Gasteiger partial charge in [0.05, 0.1) is 12.8 Å². The van der Waals surface area contributed by atoms with Gasteiger partial charge < -0.3 is 15.2 Å². The van der Waals surface area contributed by atoms with Crippen LogP contribution in [0.1, 0.15) is 23.6 Å². The average molecular weight is 343 g/mol. The Morgan fingerprint density at radius 1 is 1.17 bits per heavy atom. The molecular formula is C18H21N3O2S. The first-order valence-electron chi connectivity index (χ1n) is 7.62. The van der Waals surface area contributed by atoms with Crippen molar-refractivity contribution in [1.29, 1.82) is 0 Å². The molecule has 0 aliphatic heterocycles. The summed E-state index contributed by atoms with van der Waals surface area (Å²) in [5.41, 5.74) is 11.0. The number of nitrogens with two attached hydrogens (primary N) is 1. The summed E-state index contributed by atoms with van der Waals surface area (Å²) in [6, 6.07) is 13.8. The van der Waals surface area contributed by atoms with Gasteiger partial charge in [0.1, 0.15) is 6.61 Å². The van der Waals surface area contributed by atoms with E-state index in [2.05, 4.69) is 41.7 Å². The largest absolute Gasteiger partial charge is 0.490 e. The zero-order valence-corrected chi connectivity index (χ0v) is 14.6. The quantitative estimate of drug-likeness (QED) is 0.459. The van der Waals surface area contributed by atoms with Gasteiger partial charge in [0.25, 0.3) is 0 Å². The van der Waals surface area contributed by atoms with Crippen molar-refractivity contribution in [3.05, 3.63) is 59.2 Å². The lowest BCUT2D eigenvalue weighted by molar-refractivity contribution is 0.269. The SMILES string of the molecule is CCOc1cc(C=NNC(N)=S)ccc1OCc1ccc(C)cc1. The maximum atomic E-state index is 5.89. The number of aryl methyl sites for hydroxylation is 1. The van der Waals surface area contributed by atoms with Crippen molar-refractivity contribution in [2.45, 2.75) is 20.5 Å². The highest BCUT2D eigenvalue weighted by molar-refractivity contribution is 7.80. The monoisotopic (exact) mass is 343 g/mol. The lowest BCUT2D eigenvalue weighted by atomic mass is 10.2. The predicted molar refractivity (Wildman–Crippen MR) is 101 cm³/mol. The summed E-state index contributed by atoms with van der Waals surface area (Å²) in [4.78, 5) is 0. The van der Waals surface area contributed by atoms with Crippen LogP contribution < -0.4 is 20.6 Å². The number of hydrogen-bond acceptors (Lipinski definition) is 4. The van der Waals surface area contributed by atoms with Gasteiger partial charge in [-0.1, -0.05) is 29.8 Å². The molecule has 6 heteroatoms. The average Bonchev–Trinajstić information content (AvgIpc) is 2.55. The fourth-order valence-corrected chi connectivity index (χ4v) is 2.06. The molecule has 3 N–H and O–H groups in total. The van der Waals surface area contributed by atoms with Gasteiger partial charge in [-0.2, -0.15) is 5.10 Å². The Bertz CT molecular complexity index is 715. The van der Waals surface area contributed by atoms with E-state index in [4.69, 9.17) is 27.4 Å². The lowest BCUT2D eigenvalue weighted by Gasteiger charge is -2.12. The number of hydrogen-bond donors (Lipinski definition) is 2. The zero-order valence-electron chi connectivity index (χ0n) is 13.8. The molecule has 0 aromatic heterocycles. The fourth-order valence-electron chi connectivity index (χ4n) is 2.01. The Morgan fingerprint density at radius 3 is 2.58 bits per heavy atom. The van der Waals surface area contributed by atoms with E-state index in [1.165, 1.54) is 5.56 Å². The van der Waals surface area contributed by atoms with Crippen molar-refractivity contribution in [3.63, 3.8) is 0 Å². The first kappa shape index (κ1) is 17.7. The molecule has 2 aromatic carbocycles. The first-order chi connectivity index (χ1) is 11.6. The normalized spacial score (nSPS) is 10.6. The molecule has 0 aliphatic carbocycles. The second-order valence-electron chi connectivity index (χ2n) is 5.15.